The smallest absolute Gasteiger partial charge is 0.188 e. The minimum atomic E-state index is 0.0591. The van der Waals surface area contributed by atoms with Crippen LogP contribution >= 0.6 is 0 Å². The van der Waals surface area contributed by atoms with Crippen molar-refractivity contribution in [2.24, 2.45) is 16.3 Å². The van der Waals surface area contributed by atoms with Crippen LogP contribution in [-0.2, 0) is 6.54 Å². The van der Waals surface area contributed by atoms with Gasteiger partial charge < -0.3 is 10.9 Å². The Morgan fingerprint density at radius 1 is 1.45 bits per heavy atom. The molecule has 20 heavy (non-hydrogen) atoms. The standard InChI is InChI=1S/C15H24N4O/c1-15(2)5-3-8-19(9-6-15)11-12-4-7-17-13(10-12)14(16)18-20/h4,7,10,20H,3,5-6,8-9,11H2,1-2H3,(H2,16,18). The van der Waals surface area contributed by atoms with Crippen molar-refractivity contribution in [1.29, 1.82) is 0 Å². The molecule has 0 aromatic carbocycles. The minimum Gasteiger partial charge on any atom is -0.409 e. The van der Waals surface area contributed by atoms with Crippen molar-refractivity contribution in [3.8, 4) is 0 Å². The van der Waals surface area contributed by atoms with Crippen LogP contribution in [0.25, 0.3) is 0 Å². The summed E-state index contributed by atoms with van der Waals surface area (Å²) in [6.45, 7) is 7.84. The van der Waals surface area contributed by atoms with Gasteiger partial charge in [0.2, 0.25) is 0 Å². The van der Waals surface area contributed by atoms with E-state index in [2.05, 4.69) is 28.9 Å². The summed E-state index contributed by atoms with van der Waals surface area (Å²) < 4.78 is 0. The van der Waals surface area contributed by atoms with Crippen molar-refractivity contribution in [2.45, 2.75) is 39.7 Å². The first-order valence-corrected chi connectivity index (χ1v) is 7.15. The fourth-order valence-electron chi connectivity index (χ4n) is 2.66. The summed E-state index contributed by atoms with van der Waals surface area (Å²) in [5.74, 6) is 0.0591. The van der Waals surface area contributed by atoms with Gasteiger partial charge >= 0.3 is 0 Å². The SMILES string of the molecule is CC1(C)CCCN(Cc2ccnc(C(N)=NO)c2)CC1. The van der Waals surface area contributed by atoms with E-state index in [1.165, 1.54) is 19.3 Å². The van der Waals surface area contributed by atoms with Crippen molar-refractivity contribution in [2.75, 3.05) is 13.1 Å². The molecule has 1 aliphatic heterocycles. The van der Waals surface area contributed by atoms with Gasteiger partial charge in [-0.15, -0.1) is 0 Å². The molecule has 1 saturated heterocycles. The molecule has 0 spiro atoms. The van der Waals surface area contributed by atoms with Crippen molar-refractivity contribution in [3.63, 3.8) is 0 Å². The molecule has 0 atom stereocenters. The molecule has 3 N–H and O–H groups in total. The average Bonchev–Trinajstić information content (AvgIpc) is 2.60. The van der Waals surface area contributed by atoms with Crippen molar-refractivity contribution in [3.05, 3.63) is 29.6 Å². The Balaban J connectivity index is 2.03. The minimum absolute atomic E-state index is 0.0591. The summed E-state index contributed by atoms with van der Waals surface area (Å²) in [6.07, 6.45) is 5.47. The third-order valence-corrected chi connectivity index (χ3v) is 4.03. The number of pyridine rings is 1. The molecular formula is C15H24N4O. The van der Waals surface area contributed by atoms with E-state index in [0.717, 1.165) is 25.2 Å². The van der Waals surface area contributed by atoms with Gasteiger partial charge in [-0.25, -0.2) is 0 Å². The van der Waals surface area contributed by atoms with E-state index in [-0.39, 0.29) is 5.84 Å². The Morgan fingerprint density at radius 2 is 2.25 bits per heavy atom. The zero-order valence-electron chi connectivity index (χ0n) is 12.3. The number of amidine groups is 1. The molecule has 0 unspecified atom stereocenters. The largest absolute Gasteiger partial charge is 0.409 e. The lowest BCUT2D eigenvalue weighted by atomic mass is 9.85. The quantitative estimate of drug-likeness (QED) is 0.384. The van der Waals surface area contributed by atoms with E-state index in [9.17, 15) is 0 Å². The molecule has 5 nitrogen and oxygen atoms in total. The van der Waals surface area contributed by atoms with Gasteiger partial charge in [0.05, 0.1) is 0 Å². The second-order valence-corrected chi connectivity index (χ2v) is 6.33. The van der Waals surface area contributed by atoms with Crippen LogP contribution in [0.15, 0.2) is 23.5 Å². The van der Waals surface area contributed by atoms with Gasteiger partial charge in [0.25, 0.3) is 0 Å². The first-order valence-electron chi connectivity index (χ1n) is 7.15. The number of nitrogens with two attached hydrogens (primary N) is 1. The van der Waals surface area contributed by atoms with Crippen LogP contribution in [0.3, 0.4) is 0 Å². The normalized spacial score (nSPS) is 20.6. The summed E-state index contributed by atoms with van der Waals surface area (Å²) in [5.41, 5.74) is 7.71. The molecule has 1 aromatic rings. The summed E-state index contributed by atoms with van der Waals surface area (Å²) in [5, 5.41) is 11.7. The van der Waals surface area contributed by atoms with Crippen LogP contribution < -0.4 is 5.73 Å². The number of nitrogens with zero attached hydrogens (tertiary/aromatic N) is 3. The molecule has 2 rings (SSSR count). The van der Waals surface area contributed by atoms with E-state index >= 15 is 0 Å². The zero-order valence-corrected chi connectivity index (χ0v) is 12.3. The first-order chi connectivity index (χ1) is 9.50. The van der Waals surface area contributed by atoms with E-state index in [1.54, 1.807) is 6.20 Å². The molecule has 1 aliphatic rings. The van der Waals surface area contributed by atoms with Crippen molar-refractivity contribution < 1.29 is 5.21 Å². The van der Waals surface area contributed by atoms with E-state index in [4.69, 9.17) is 10.9 Å². The highest BCUT2D eigenvalue weighted by molar-refractivity contribution is 5.95. The molecule has 0 bridgehead atoms. The van der Waals surface area contributed by atoms with Gasteiger partial charge in [-0.3, -0.25) is 9.88 Å². The zero-order chi connectivity index (χ0) is 14.6. The Bertz CT molecular complexity index is 485. The van der Waals surface area contributed by atoms with Gasteiger partial charge in [0, 0.05) is 12.7 Å². The number of rotatable bonds is 3. The third-order valence-electron chi connectivity index (χ3n) is 4.03. The Labute approximate surface area is 120 Å². The lowest BCUT2D eigenvalue weighted by Crippen LogP contribution is -2.25. The molecule has 1 aromatic heterocycles. The molecular weight excluding hydrogens is 252 g/mol. The lowest BCUT2D eigenvalue weighted by Gasteiger charge is -2.23. The van der Waals surface area contributed by atoms with E-state index in [1.807, 2.05) is 12.1 Å². The highest BCUT2D eigenvalue weighted by Crippen LogP contribution is 2.30. The Hall–Kier alpha value is -1.62. The van der Waals surface area contributed by atoms with Crippen LogP contribution in [0.5, 0.6) is 0 Å². The maximum atomic E-state index is 8.71. The summed E-state index contributed by atoms with van der Waals surface area (Å²) >= 11 is 0. The lowest BCUT2D eigenvalue weighted by molar-refractivity contribution is 0.256. The van der Waals surface area contributed by atoms with Crippen LogP contribution in [0.4, 0.5) is 0 Å². The fourth-order valence-corrected chi connectivity index (χ4v) is 2.66. The number of oxime groups is 1. The second kappa shape index (κ2) is 6.22. The van der Waals surface area contributed by atoms with Gasteiger partial charge in [-0.2, -0.15) is 0 Å². The molecule has 0 saturated carbocycles. The summed E-state index contributed by atoms with van der Waals surface area (Å²) in [6, 6.07) is 3.88. The molecule has 1 fully saturated rings. The third kappa shape index (κ3) is 3.93. The Kier molecular flexibility index (Phi) is 4.60. The van der Waals surface area contributed by atoms with Gasteiger partial charge in [0.1, 0.15) is 5.69 Å². The highest BCUT2D eigenvalue weighted by atomic mass is 16.4. The number of hydrogen-bond acceptors (Lipinski definition) is 4. The van der Waals surface area contributed by atoms with Crippen LogP contribution in [0, 0.1) is 5.41 Å². The summed E-state index contributed by atoms with van der Waals surface area (Å²) in [4.78, 5) is 6.58. The maximum absolute atomic E-state index is 8.71. The van der Waals surface area contributed by atoms with Gasteiger partial charge in [-0.05, 0) is 55.5 Å². The van der Waals surface area contributed by atoms with Crippen molar-refractivity contribution >= 4 is 5.84 Å². The topological polar surface area (TPSA) is 74.7 Å². The molecule has 2 heterocycles. The Morgan fingerprint density at radius 3 is 3.00 bits per heavy atom. The predicted molar refractivity (Wildman–Crippen MR) is 79.7 cm³/mol. The molecule has 110 valence electrons. The predicted octanol–water partition coefficient (Wildman–Crippen LogP) is 2.19. The number of hydrogen-bond donors (Lipinski definition) is 2. The molecule has 5 heteroatoms. The average molecular weight is 276 g/mol. The molecule has 0 radical (unpaired) electrons. The van der Waals surface area contributed by atoms with E-state index in [0.29, 0.717) is 11.1 Å². The molecule has 0 aliphatic carbocycles. The van der Waals surface area contributed by atoms with Crippen molar-refractivity contribution in [1.82, 2.24) is 9.88 Å². The fraction of sp³-hybridized carbons (Fsp3) is 0.600. The molecule has 0 amide bonds. The number of aromatic nitrogens is 1. The maximum Gasteiger partial charge on any atom is 0.188 e. The van der Waals surface area contributed by atoms with Gasteiger partial charge in [-0.1, -0.05) is 19.0 Å². The first kappa shape index (κ1) is 14.8. The van der Waals surface area contributed by atoms with E-state index < -0.39 is 0 Å². The number of likely N-dealkylation sites (tertiary alicyclic amines) is 1. The van der Waals surface area contributed by atoms with Crippen LogP contribution in [0.2, 0.25) is 0 Å². The van der Waals surface area contributed by atoms with Crippen LogP contribution in [-0.4, -0.2) is 34.0 Å². The highest BCUT2D eigenvalue weighted by Gasteiger charge is 2.22. The summed E-state index contributed by atoms with van der Waals surface area (Å²) in [7, 11) is 0. The van der Waals surface area contributed by atoms with Gasteiger partial charge in [0.15, 0.2) is 5.84 Å². The van der Waals surface area contributed by atoms with Crippen LogP contribution in [0.1, 0.15) is 44.4 Å². The second-order valence-electron chi connectivity index (χ2n) is 6.33. The monoisotopic (exact) mass is 276 g/mol.